The number of rotatable bonds is 5. The average Bonchev–Trinajstić information content (AvgIpc) is 3.44. The van der Waals surface area contributed by atoms with Crippen LogP contribution in [0, 0.1) is 0 Å². The molecule has 9 nitrogen and oxygen atoms in total. The lowest BCUT2D eigenvalue weighted by Gasteiger charge is -2.07. The number of aromatic nitrogens is 8. The number of imidazole rings is 1. The number of pyridine rings is 1. The molecule has 0 aliphatic heterocycles. The minimum atomic E-state index is 0.592. The summed E-state index contributed by atoms with van der Waals surface area (Å²) in [7, 11) is 1.62. The van der Waals surface area contributed by atoms with Crippen molar-refractivity contribution in [2.24, 2.45) is 0 Å². The molecule has 0 fully saturated rings. The number of para-hydroxylation sites is 2. The van der Waals surface area contributed by atoms with Gasteiger partial charge in [0.25, 0.3) is 0 Å². The minimum absolute atomic E-state index is 0.592. The monoisotopic (exact) mass is 408 g/mol. The van der Waals surface area contributed by atoms with Crippen LogP contribution in [-0.2, 0) is 0 Å². The third-order valence-electron chi connectivity index (χ3n) is 3.91. The van der Waals surface area contributed by atoms with Crippen LogP contribution >= 0.6 is 23.1 Å². The molecule has 4 heterocycles. The fraction of sp³-hybridized carbons (Fsp3) is 0.0588. The summed E-state index contributed by atoms with van der Waals surface area (Å²) in [4.78, 5) is 9.55. The molecule has 5 rings (SSSR count). The van der Waals surface area contributed by atoms with Crippen molar-refractivity contribution in [2.75, 3.05) is 7.11 Å². The first-order valence-electron chi connectivity index (χ1n) is 8.18. The summed E-state index contributed by atoms with van der Waals surface area (Å²) in [6, 6.07) is 11.4. The second-order valence-corrected chi connectivity index (χ2v) is 7.78. The zero-order chi connectivity index (χ0) is 18.9. The molecule has 28 heavy (non-hydrogen) atoms. The Bertz CT molecular complexity index is 1220. The van der Waals surface area contributed by atoms with Gasteiger partial charge in [-0.3, -0.25) is 4.98 Å². The lowest BCUT2D eigenvalue weighted by molar-refractivity contribution is 0.410. The van der Waals surface area contributed by atoms with Gasteiger partial charge in [0.2, 0.25) is 10.1 Å². The van der Waals surface area contributed by atoms with Crippen molar-refractivity contribution < 1.29 is 4.74 Å². The molecule has 138 valence electrons. The zero-order valence-corrected chi connectivity index (χ0v) is 16.1. The van der Waals surface area contributed by atoms with Crippen LogP contribution in [0.15, 0.2) is 64.5 Å². The van der Waals surface area contributed by atoms with E-state index in [1.165, 1.54) is 23.1 Å². The normalized spacial score (nSPS) is 11.2. The van der Waals surface area contributed by atoms with Gasteiger partial charge in [0, 0.05) is 18.0 Å². The molecular formula is C17H12N8OS2. The number of nitrogens with zero attached hydrogens (tertiary/aromatic N) is 8. The molecule has 0 bridgehead atoms. The highest BCUT2D eigenvalue weighted by Gasteiger charge is 2.17. The third kappa shape index (κ3) is 3.00. The standard InChI is InChI=1S/C17H12N8OS2/c1-26-14-7-3-2-6-13(14)25-16(20-22-23-25)28-17-21-24-10-12(19-15(24)27-17)11-5-4-8-18-9-11/h2-10H,1H3. The SMILES string of the molecule is COc1ccccc1-n1nnnc1Sc1nn2cc(-c3cccnc3)nc2s1. The lowest BCUT2D eigenvalue weighted by Crippen LogP contribution is -2.01. The van der Waals surface area contributed by atoms with E-state index in [4.69, 9.17) is 4.74 Å². The molecule has 0 aliphatic carbocycles. The number of methoxy groups -OCH3 is 1. The van der Waals surface area contributed by atoms with E-state index in [1.807, 2.05) is 42.6 Å². The smallest absolute Gasteiger partial charge is 0.221 e. The number of fused-ring (bicyclic) bond motifs is 1. The Kier molecular flexibility index (Phi) is 4.22. The number of benzene rings is 1. The number of hydrogen-bond donors (Lipinski definition) is 0. The molecule has 0 amide bonds. The highest BCUT2D eigenvalue weighted by atomic mass is 32.2. The van der Waals surface area contributed by atoms with Crippen LogP contribution in [0.1, 0.15) is 0 Å². The molecule has 0 N–H and O–H groups in total. The van der Waals surface area contributed by atoms with Crippen molar-refractivity contribution in [2.45, 2.75) is 9.50 Å². The first kappa shape index (κ1) is 16.8. The van der Waals surface area contributed by atoms with Crippen LogP contribution in [0.5, 0.6) is 5.75 Å². The van der Waals surface area contributed by atoms with E-state index in [2.05, 4.69) is 30.6 Å². The lowest BCUT2D eigenvalue weighted by atomic mass is 10.2. The van der Waals surface area contributed by atoms with Gasteiger partial charge in [-0.05, 0) is 46.5 Å². The average molecular weight is 408 g/mol. The summed E-state index contributed by atoms with van der Waals surface area (Å²) in [6.45, 7) is 0. The maximum Gasteiger partial charge on any atom is 0.221 e. The summed E-state index contributed by atoms with van der Waals surface area (Å²) in [6.07, 6.45) is 5.40. The predicted molar refractivity (Wildman–Crippen MR) is 104 cm³/mol. The molecule has 0 aliphatic rings. The maximum atomic E-state index is 5.41. The Hall–Kier alpha value is -3.31. The summed E-state index contributed by atoms with van der Waals surface area (Å²) in [5.41, 5.74) is 2.55. The van der Waals surface area contributed by atoms with Crippen molar-refractivity contribution >= 4 is 28.1 Å². The molecular weight excluding hydrogens is 396 g/mol. The number of tetrazole rings is 1. The van der Waals surface area contributed by atoms with Gasteiger partial charge >= 0.3 is 0 Å². The van der Waals surface area contributed by atoms with E-state index >= 15 is 0 Å². The molecule has 0 unspecified atom stereocenters. The summed E-state index contributed by atoms with van der Waals surface area (Å²) >= 11 is 2.84. The molecule has 0 saturated carbocycles. The van der Waals surface area contributed by atoms with E-state index in [-0.39, 0.29) is 0 Å². The fourth-order valence-corrected chi connectivity index (χ4v) is 4.47. The van der Waals surface area contributed by atoms with Crippen LogP contribution < -0.4 is 4.74 Å². The van der Waals surface area contributed by atoms with Gasteiger partial charge < -0.3 is 4.74 Å². The first-order valence-corrected chi connectivity index (χ1v) is 9.81. The van der Waals surface area contributed by atoms with Gasteiger partial charge in [-0.2, -0.15) is 4.68 Å². The molecule has 11 heteroatoms. The van der Waals surface area contributed by atoms with Crippen LogP contribution in [0.3, 0.4) is 0 Å². The highest BCUT2D eigenvalue weighted by molar-refractivity contribution is 8.01. The van der Waals surface area contributed by atoms with Gasteiger partial charge in [0.1, 0.15) is 11.4 Å². The molecule has 5 aromatic rings. The van der Waals surface area contributed by atoms with E-state index < -0.39 is 0 Å². The summed E-state index contributed by atoms with van der Waals surface area (Å²) < 4.78 is 9.58. The number of hydrogen-bond acceptors (Lipinski definition) is 9. The van der Waals surface area contributed by atoms with Crippen molar-refractivity contribution in [3.8, 4) is 22.7 Å². The maximum absolute atomic E-state index is 5.41. The van der Waals surface area contributed by atoms with Gasteiger partial charge in [0.15, 0.2) is 4.34 Å². The highest BCUT2D eigenvalue weighted by Crippen LogP contribution is 2.33. The molecule has 1 aromatic carbocycles. The quantitative estimate of drug-likeness (QED) is 0.438. The van der Waals surface area contributed by atoms with E-state index in [1.54, 1.807) is 28.7 Å². The summed E-state index contributed by atoms with van der Waals surface area (Å²) in [5, 5.41) is 17.2. The summed E-state index contributed by atoms with van der Waals surface area (Å²) in [5.74, 6) is 0.687. The van der Waals surface area contributed by atoms with Gasteiger partial charge in [-0.25, -0.2) is 9.50 Å². The fourth-order valence-electron chi connectivity index (χ4n) is 2.65. The van der Waals surface area contributed by atoms with Crippen LogP contribution in [0.25, 0.3) is 21.9 Å². The van der Waals surface area contributed by atoms with Crippen molar-refractivity contribution in [1.82, 2.24) is 39.8 Å². The van der Waals surface area contributed by atoms with E-state index in [0.29, 0.717) is 10.9 Å². The van der Waals surface area contributed by atoms with Gasteiger partial charge in [-0.1, -0.05) is 23.5 Å². The second-order valence-electron chi connectivity index (χ2n) is 5.61. The Morgan fingerprint density at radius 3 is 2.89 bits per heavy atom. The Labute approximate surface area is 167 Å². The third-order valence-corrected chi connectivity index (χ3v) is 5.83. The molecule has 0 radical (unpaired) electrons. The Morgan fingerprint density at radius 2 is 2.07 bits per heavy atom. The Morgan fingerprint density at radius 1 is 1.14 bits per heavy atom. The van der Waals surface area contributed by atoms with Crippen molar-refractivity contribution in [3.05, 3.63) is 55.0 Å². The minimum Gasteiger partial charge on any atom is -0.494 e. The zero-order valence-electron chi connectivity index (χ0n) is 14.5. The topological polar surface area (TPSA) is 95.9 Å². The molecule has 0 saturated heterocycles. The predicted octanol–water partition coefficient (Wildman–Crippen LogP) is 2.99. The van der Waals surface area contributed by atoms with Crippen molar-refractivity contribution in [1.29, 1.82) is 0 Å². The van der Waals surface area contributed by atoms with Gasteiger partial charge in [-0.15, -0.1) is 10.2 Å². The molecule has 4 aromatic heterocycles. The van der Waals surface area contributed by atoms with E-state index in [9.17, 15) is 0 Å². The molecule has 0 spiro atoms. The first-order chi connectivity index (χ1) is 13.8. The van der Waals surface area contributed by atoms with Crippen molar-refractivity contribution in [3.63, 3.8) is 0 Å². The van der Waals surface area contributed by atoms with Crippen LogP contribution in [0.4, 0.5) is 0 Å². The van der Waals surface area contributed by atoms with E-state index in [0.717, 1.165) is 26.2 Å². The largest absolute Gasteiger partial charge is 0.494 e. The van der Waals surface area contributed by atoms with Gasteiger partial charge in [0.05, 0.1) is 19.0 Å². The van der Waals surface area contributed by atoms with Crippen LogP contribution in [-0.4, -0.2) is 46.9 Å². The molecule has 0 atom stereocenters. The van der Waals surface area contributed by atoms with Crippen LogP contribution in [0.2, 0.25) is 0 Å². The second kappa shape index (κ2) is 7.02. The number of ether oxygens (including phenoxy) is 1. The Balaban J connectivity index is 1.45.